The van der Waals surface area contributed by atoms with Gasteiger partial charge >= 0.3 is 5.97 Å². The Balaban J connectivity index is 1.90. The van der Waals surface area contributed by atoms with E-state index >= 15 is 0 Å². The van der Waals surface area contributed by atoms with E-state index in [1.54, 1.807) is 0 Å². The summed E-state index contributed by atoms with van der Waals surface area (Å²) in [6, 6.07) is 0.767. The molecule has 0 radical (unpaired) electrons. The van der Waals surface area contributed by atoms with Gasteiger partial charge in [0.2, 0.25) is 5.91 Å². The summed E-state index contributed by atoms with van der Waals surface area (Å²) < 4.78 is 0. The standard InChI is InChI=1S/C11H17NO3S/c13-10(3-4-11(14)15)12(8-1-2-8)9-5-6-16-7-9/h8-9H,1-7H2,(H,14,15)/t9-/m1/s1. The molecule has 0 aromatic carbocycles. The molecule has 1 heterocycles. The largest absolute Gasteiger partial charge is 0.481 e. The first-order valence-corrected chi connectivity index (χ1v) is 6.94. The third kappa shape index (κ3) is 2.90. The minimum absolute atomic E-state index is 0.0393. The fourth-order valence-corrected chi connectivity index (χ4v) is 3.35. The van der Waals surface area contributed by atoms with E-state index in [0.29, 0.717) is 12.1 Å². The molecule has 0 bridgehead atoms. The number of carboxylic acid groups (broad SMARTS) is 1. The van der Waals surface area contributed by atoms with Crippen molar-refractivity contribution in [3.63, 3.8) is 0 Å². The van der Waals surface area contributed by atoms with E-state index < -0.39 is 5.97 Å². The van der Waals surface area contributed by atoms with Crippen LogP contribution in [0.1, 0.15) is 32.1 Å². The van der Waals surface area contributed by atoms with Crippen LogP contribution < -0.4 is 0 Å². The Bertz CT molecular complexity index is 285. The highest BCUT2D eigenvalue weighted by molar-refractivity contribution is 7.99. The zero-order valence-electron chi connectivity index (χ0n) is 9.22. The molecule has 16 heavy (non-hydrogen) atoms. The lowest BCUT2D eigenvalue weighted by atomic mass is 10.2. The van der Waals surface area contributed by atoms with Gasteiger partial charge in [-0.1, -0.05) is 0 Å². The van der Waals surface area contributed by atoms with Crippen LogP contribution in [0.3, 0.4) is 0 Å². The fraction of sp³-hybridized carbons (Fsp3) is 0.818. The molecule has 2 aliphatic rings. The molecule has 4 nitrogen and oxygen atoms in total. The number of hydrogen-bond donors (Lipinski definition) is 1. The Morgan fingerprint density at radius 2 is 1.94 bits per heavy atom. The molecular formula is C11H17NO3S. The topological polar surface area (TPSA) is 57.6 Å². The van der Waals surface area contributed by atoms with Gasteiger partial charge in [0.05, 0.1) is 6.42 Å². The summed E-state index contributed by atoms with van der Waals surface area (Å²) in [5, 5.41) is 8.59. The van der Waals surface area contributed by atoms with Gasteiger partial charge in [-0.05, 0) is 25.0 Å². The molecule has 1 aliphatic heterocycles. The average Bonchev–Trinajstić information content (AvgIpc) is 2.91. The zero-order valence-corrected chi connectivity index (χ0v) is 10.0. The zero-order chi connectivity index (χ0) is 11.5. The van der Waals surface area contributed by atoms with Crippen molar-refractivity contribution >= 4 is 23.6 Å². The van der Waals surface area contributed by atoms with Crippen LogP contribution in [0.2, 0.25) is 0 Å². The van der Waals surface area contributed by atoms with Crippen molar-refractivity contribution in [3.8, 4) is 0 Å². The molecular weight excluding hydrogens is 226 g/mol. The summed E-state index contributed by atoms with van der Waals surface area (Å²) >= 11 is 1.89. The highest BCUT2D eigenvalue weighted by atomic mass is 32.2. The van der Waals surface area contributed by atoms with Crippen molar-refractivity contribution in [2.24, 2.45) is 0 Å². The second kappa shape index (κ2) is 5.08. The van der Waals surface area contributed by atoms with Crippen molar-refractivity contribution in [3.05, 3.63) is 0 Å². The number of rotatable bonds is 5. The van der Waals surface area contributed by atoms with Gasteiger partial charge in [-0.3, -0.25) is 9.59 Å². The normalized spacial score (nSPS) is 24.4. The molecule has 2 fully saturated rings. The Labute approximate surface area is 99.4 Å². The Hall–Kier alpha value is -0.710. The smallest absolute Gasteiger partial charge is 0.303 e. The number of aliphatic carboxylic acids is 1. The molecule has 1 atom stereocenters. The number of carbonyl (C=O) groups excluding carboxylic acids is 1. The highest BCUT2D eigenvalue weighted by Gasteiger charge is 2.38. The molecule has 5 heteroatoms. The van der Waals surface area contributed by atoms with E-state index in [-0.39, 0.29) is 18.7 Å². The summed E-state index contributed by atoms with van der Waals surface area (Å²) in [6.07, 6.45) is 3.38. The maximum absolute atomic E-state index is 12.0. The van der Waals surface area contributed by atoms with Crippen molar-refractivity contribution in [2.75, 3.05) is 11.5 Å². The minimum Gasteiger partial charge on any atom is -0.481 e. The second-order valence-electron chi connectivity index (χ2n) is 4.44. The predicted octanol–water partition coefficient (Wildman–Crippen LogP) is 1.35. The number of nitrogens with zero attached hydrogens (tertiary/aromatic N) is 1. The molecule has 0 aromatic rings. The van der Waals surface area contributed by atoms with Gasteiger partial charge in [0, 0.05) is 24.3 Å². The number of hydrogen-bond acceptors (Lipinski definition) is 3. The van der Waals surface area contributed by atoms with E-state index in [1.165, 1.54) is 0 Å². The summed E-state index contributed by atoms with van der Waals surface area (Å²) in [7, 11) is 0. The number of thioether (sulfide) groups is 1. The van der Waals surface area contributed by atoms with Gasteiger partial charge in [-0.25, -0.2) is 0 Å². The highest BCUT2D eigenvalue weighted by Crippen LogP contribution is 2.34. The Morgan fingerprint density at radius 1 is 1.19 bits per heavy atom. The van der Waals surface area contributed by atoms with Gasteiger partial charge in [-0.15, -0.1) is 0 Å². The van der Waals surface area contributed by atoms with Crippen LogP contribution in [0.15, 0.2) is 0 Å². The monoisotopic (exact) mass is 243 g/mol. The van der Waals surface area contributed by atoms with Crippen LogP contribution >= 0.6 is 11.8 Å². The molecule has 1 saturated heterocycles. The first-order valence-electron chi connectivity index (χ1n) is 5.79. The summed E-state index contributed by atoms with van der Waals surface area (Å²) in [6.45, 7) is 0. The minimum atomic E-state index is -0.884. The molecule has 1 saturated carbocycles. The molecule has 0 unspecified atom stereocenters. The number of carbonyl (C=O) groups is 2. The second-order valence-corrected chi connectivity index (χ2v) is 5.59. The third-order valence-corrected chi connectivity index (χ3v) is 4.22. The van der Waals surface area contributed by atoms with Crippen LogP contribution in [0, 0.1) is 0 Å². The van der Waals surface area contributed by atoms with E-state index in [0.717, 1.165) is 30.8 Å². The Kier molecular flexibility index (Phi) is 3.74. The molecule has 90 valence electrons. The molecule has 1 N–H and O–H groups in total. The van der Waals surface area contributed by atoms with E-state index in [2.05, 4.69) is 0 Å². The number of amides is 1. The lowest BCUT2D eigenvalue weighted by Crippen LogP contribution is -2.42. The van der Waals surface area contributed by atoms with Crippen molar-refractivity contribution in [2.45, 2.75) is 44.2 Å². The molecule has 2 rings (SSSR count). The van der Waals surface area contributed by atoms with Crippen LogP contribution in [-0.2, 0) is 9.59 Å². The summed E-state index contributed by atoms with van der Waals surface area (Å²) in [4.78, 5) is 24.4. The summed E-state index contributed by atoms with van der Waals surface area (Å²) in [5.41, 5.74) is 0. The predicted molar refractivity (Wildman–Crippen MR) is 62.5 cm³/mol. The number of carboxylic acids is 1. The van der Waals surface area contributed by atoms with Crippen molar-refractivity contribution in [1.29, 1.82) is 0 Å². The SMILES string of the molecule is O=C(O)CCC(=O)N(C1CC1)[C@@H]1CCSC1. The average molecular weight is 243 g/mol. The first-order chi connectivity index (χ1) is 7.68. The van der Waals surface area contributed by atoms with Gasteiger partial charge in [0.25, 0.3) is 0 Å². The van der Waals surface area contributed by atoms with Gasteiger partial charge in [0.15, 0.2) is 0 Å². The fourth-order valence-electron chi connectivity index (χ4n) is 2.14. The lowest BCUT2D eigenvalue weighted by molar-refractivity contribution is -0.141. The van der Waals surface area contributed by atoms with Crippen LogP contribution in [0.25, 0.3) is 0 Å². The van der Waals surface area contributed by atoms with Gasteiger partial charge in [0.1, 0.15) is 0 Å². The van der Waals surface area contributed by atoms with Crippen LogP contribution in [-0.4, -0.2) is 45.5 Å². The van der Waals surface area contributed by atoms with Gasteiger partial charge in [-0.2, -0.15) is 11.8 Å². The maximum Gasteiger partial charge on any atom is 0.303 e. The summed E-state index contributed by atoms with van der Waals surface area (Å²) in [5.74, 6) is 1.30. The van der Waals surface area contributed by atoms with E-state index in [1.807, 2.05) is 16.7 Å². The van der Waals surface area contributed by atoms with E-state index in [4.69, 9.17) is 5.11 Å². The molecule has 0 spiro atoms. The van der Waals surface area contributed by atoms with Crippen molar-refractivity contribution < 1.29 is 14.7 Å². The maximum atomic E-state index is 12.0. The van der Waals surface area contributed by atoms with Crippen LogP contribution in [0.5, 0.6) is 0 Å². The van der Waals surface area contributed by atoms with Crippen LogP contribution in [0.4, 0.5) is 0 Å². The quantitative estimate of drug-likeness (QED) is 0.792. The van der Waals surface area contributed by atoms with Crippen molar-refractivity contribution in [1.82, 2.24) is 4.90 Å². The van der Waals surface area contributed by atoms with Gasteiger partial charge < -0.3 is 10.0 Å². The lowest BCUT2D eigenvalue weighted by Gasteiger charge is -2.28. The molecule has 0 aromatic heterocycles. The van der Waals surface area contributed by atoms with E-state index in [9.17, 15) is 9.59 Å². The molecule has 1 aliphatic carbocycles. The molecule has 1 amide bonds. The third-order valence-electron chi connectivity index (χ3n) is 3.08. The first kappa shape index (κ1) is 11.8. The Morgan fingerprint density at radius 3 is 2.44 bits per heavy atom.